The maximum absolute atomic E-state index is 12.2. The summed E-state index contributed by atoms with van der Waals surface area (Å²) in [5.41, 5.74) is 6.74. The van der Waals surface area contributed by atoms with Gasteiger partial charge in [-0.15, -0.1) is 0 Å². The van der Waals surface area contributed by atoms with E-state index in [0.717, 1.165) is 12.0 Å². The van der Waals surface area contributed by atoms with Crippen LogP contribution in [0.25, 0.3) is 0 Å². The van der Waals surface area contributed by atoms with E-state index in [-0.39, 0.29) is 17.4 Å². The van der Waals surface area contributed by atoms with E-state index in [9.17, 15) is 9.59 Å². The summed E-state index contributed by atoms with van der Waals surface area (Å²) in [6, 6.07) is 6.69. The Kier molecular flexibility index (Phi) is 5.90. The number of nitrogens with two attached hydrogens (primary N) is 1. The van der Waals surface area contributed by atoms with Crippen LogP contribution < -0.4 is 16.4 Å². The standard InChI is InChI=1S/C16H25N3O2/c1-11(14(20)19-16(2,3)4)18-15(21)13-7-5-6-12(10-13)8-9-17/h5-7,10-11H,8-9,17H2,1-4H3,(H,18,21)(H,19,20). The fourth-order valence-corrected chi connectivity index (χ4v) is 1.86. The number of nitrogens with one attached hydrogen (secondary N) is 2. The fraction of sp³-hybridized carbons (Fsp3) is 0.500. The topological polar surface area (TPSA) is 84.2 Å². The van der Waals surface area contributed by atoms with E-state index < -0.39 is 6.04 Å². The van der Waals surface area contributed by atoms with Crippen LogP contribution in [-0.2, 0) is 11.2 Å². The van der Waals surface area contributed by atoms with Gasteiger partial charge in [-0.05, 0) is 58.4 Å². The van der Waals surface area contributed by atoms with Crippen LogP contribution >= 0.6 is 0 Å². The van der Waals surface area contributed by atoms with Crippen molar-refractivity contribution in [2.75, 3.05) is 6.54 Å². The normalized spacial score (nSPS) is 12.6. The quantitative estimate of drug-likeness (QED) is 0.762. The van der Waals surface area contributed by atoms with Gasteiger partial charge in [-0.25, -0.2) is 0 Å². The zero-order chi connectivity index (χ0) is 16.0. The molecule has 1 aromatic carbocycles. The third-order valence-corrected chi connectivity index (χ3v) is 2.86. The molecule has 0 aliphatic rings. The zero-order valence-corrected chi connectivity index (χ0v) is 13.2. The minimum Gasteiger partial charge on any atom is -0.350 e. The Labute approximate surface area is 126 Å². The molecule has 4 N–H and O–H groups in total. The van der Waals surface area contributed by atoms with E-state index in [2.05, 4.69) is 10.6 Å². The van der Waals surface area contributed by atoms with E-state index in [0.29, 0.717) is 12.1 Å². The molecule has 0 saturated carbocycles. The number of rotatable bonds is 5. The van der Waals surface area contributed by atoms with Crippen LogP contribution in [0.4, 0.5) is 0 Å². The summed E-state index contributed by atoms with van der Waals surface area (Å²) in [6.07, 6.45) is 0.723. The number of carbonyl (C=O) groups is 2. The van der Waals surface area contributed by atoms with Crippen molar-refractivity contribution in [3.8, 4) is 0 Å². The van der Waals surface area contributed by atoms with Crippen LogP contribution in [0.15, 0.2) is 24.3 Å². The molecule has 2 amide bonds. The number of carbonyl (C=O) groups excluding carboxylic acids is 2. The van der Waals surface area contributed by atoms with Gasteiger partial charge in [-0.2, -0.15) is 0 Å². The lowest BCUT2D eigenvalue weighted by Crippen LogP contribution is -2.50. The van der Waals surface area contributed by atoms with Gasteiger partial charge in [0.2, 0.25) is 5.91 Å². The second kappa shape index (κ2) is 7.22. The second-order valence-corrected chi connectivity index (χ2v) is 6.17. The Morgan fingerprint density at radius 2 is 1.95 bits per heavy atom. The summed E-state index contributed by atoms with van der Waals surface area (Å²) >= 11 is 0. The van der Waals surface area contributed by atoms with Gasteiger partial charge < -0.3 is 16.4 Å². The molecular weight excluding hydrogens is 266 g/mol. The van der Waals surface area contributed by atoms with Crippen molar-refractivity contribution < 1.29 is 9.59 Å². The van der Waals surface area contributed by atoms with Crippen molar-refractivity contribution in [2.24, 2.45) is 5.73 Å². The molecule has 1 unspecified atom stereocenters. The molecule has 116 valence electrons. The highest BCUT2D eigenvalue weighted by Gasteiger charge is 2.21. The van der Waals surface area contributed by atoms with Gasteiger partial charge in [0.25, 0.3) is 5.91 Å². The average Bonchev–Trinajstić information content (AvgIpc) is 2.37. The molecule has 0 spiro atoms. The molecule has 0 fully saturated rings. The molecule has 1 rings (SSSR count). The Balaban J connectivity index is 2.68. The zero-order valence-electron chi connectivity index (χ0n) is 13.2. The van der Waals surface area contributed by atoms with Gasteiger partial charge in [0, 0.05) is 11.1 Å². The van der Waals surface area contributed by atoms with Gasteiger partial charge >= 0.3 is 0 Å². The van der Waals surface area contributed by atoms with Gasteiger partial charge in [-0.1, -0.05) is 12.1 Å². The lowest BCUT2D eigenvalue weighted by atomic mass is 10.1. The average molecular weight is 291 g/mol. The van der Waals surface area contributed by atoms with Crippen molar-refractivity contribution in [2.45, 2.75) is 45.7 Å². The van der Waals surface area contributed by atoms with E-state index in [1.165, 1.54) is 0 Å². The van der Waals surface area contributed by atoms with Crippen LogP contribution in [0.2, 0.25) is 0 Å². The number of hydrogen-bond donors (Lipinski definition) is 3. The summed E-state index contributed by atoms with van der Waals surface area (Å²) in [5, 5.41) is 5.54. The Morgan fingerprint density at radius 3 is 2.52 bits per heavy atom. The molecule has 0 radical (unpaired) electrons. The predicted molar refractivity (Wildman–Crippen MR) is 84.0 cm³/mol. The maximum atomic E-state index is 12.2. The largest absolute Gasteiger partial charge is 0.350 e. The smallest absolute Gasteiger partial charge is 0.251 e. The van der Waals surface area contributed by atoms with E-state index in [4.69, 9.17) is 5.73 Å². The van der Waals surface area contributed by atoms with Crippen LogP contribution in [0, 0.1) is 0 Å². The van der Waals surface area contributed by atoms with E-state index in [1.807, 2.05) is 32.9 Å². The van der Waals surface area contributed by atoms with Gasteiger partial charge in [0.05, 0.1) is 0 Å². The number of hydrogen-bond acceptors (Lipinski definition) is 3. The lowest BCUT2D eigenvalue weighted by Gasteiger charge is -2.23. The maximum Gasteiger partial charge on any atom is 0.251 e. The summed E-state index contributed by atoms with van der Waals surface area (Å²) in [4.78, 5) is 24.1. The van der Waals surface area contributed by atoms with E-state index in [1.54, 1.807) is 19.1 Å². The number of amides is 2. The molecule has 5 nitrogen and oxygen atoms in total. The molecule has 0 aliphatic carbocycles. The molecular formula is C16H25N3O2. The minimum atomic E-state index is -0.588. The molecule has 1 atom stereocenters. The second-order valence-electron chi connectivity index (χ2n) is 6.17. The van der Waals surface area contributed by atoms with Gasteiger partial charge in [0.15, 0.2) is 0 Å². The van der Waals surface area contributed by atoms with Crippen molar-refractivity contribution in [1.29, 1.82) is 0 Å². The van der Waals surface area contributed by atoms with Crippen molar-refractivity contribution >= 4 is 11.8 Å². The predicted octanol–water partition coefficient (Wildman–Crippen LogP) is 1.22. The first-order chi connectivity index (χ1) is 9.73. The highest BCUT2D eigenvalue weighted by molar-refractivity contribution is 5.97. The third kappa shape index (κ3) is 5.95. The Bertz CT molecular complexity index is 506. The highest BCUT2D eigenvalue weighted by atomic mass is 16.2. The third-order valence-electron chi connectivity index (χ3n) is 2.86. The Hall–Kier alpha value is -1.88. The summed E-state index contributed by atoms with van der Waals surface area (Å²) in [6.45, 7) is 7.90. The summed E-state index contributed by atoms with van der Waals surface area (Å²) in [5.74, 6) is -0.459. The number of benzene rings is 1. The molecule has 0 saturated heterocycles. The van der Waals surface area contributed by atoms with E-state index >= 15 is 0 Å². The molecule has 21 heavy (non-hydrogen) atoms. The molecule has 0 aromatic heterocycles. The van der Waals surface area contributed by atoms with Crippen molar-refractivity contribution in [3.63, 3.8) is 0 Å². The first-order valence-corrected chi connectivity index (χ1v) is 7.15. The molecule has 0 bridgehead atoms. The molecule has 0 aliphatic heterocycles. The van der Waals surface area contributed by atoms with Gasteiger partial charge in [0.1, 0.15) is 6.04 Å². The first-order valence-electron chi connectivity index (χ1n) is 7.15. The minimum absolute atomic E-state index is 0.200. The van der Waals surface area contributed by atoms with Crippen LogP contribution in [0.3, 0.4) is 0 Å². The fourth-order valence-electron chi connectivity index (χ4n) is 1.86. The SMILES string of the molecule is CC(NC(=O)c1cccc(CCN)c1)C(=O)NC(C)(C)C. The monoisotopic (exact) mass is 291 g/mol. The Morgan fingerprint density at radius 1 is 1.29 bits per heavy atom. The summed E-state index contributed by atoms with van der Waals surface area (Å²) in [7, 11) is 0. The molecule has 1 aromatic rings. The molecule has 5 heteroatoms. The van der Waals surface area contributed by atoms with Crippen LogP contribution in [0.1, 0.15) is 43.6 Å². The van der Waals surface area contributed by atoms with Gasteiger partial charge in [-0.3, -0.25) is 9.59 Å². The lowest BCUT2D eigenvalue weighted by molar-refractivity contribution is -0.124. The summed E-state index contributed by atoms with van der Waals surface area (Å²) < 4.78 is 0. The van der Waals surface area contributed by atoms with Crippen LogP contribution in [-0.4, -0.2) is 29.9 Å². The van der Waals surface area contributed by atoms with Crippen LogP contribution in [0.5, 0.6) is 0 Å². The highest BCUT2D eigenvalue weighted by Crippen LogP contribution is 2.06. The molecule has 0 heterocycles. The first kappa shape index (κ1) is 17.2. The van der Waals surface area contributed by atoms with Crippen molar-refractivity contribution in [1.82, 2.24) is 10.6 Å². The van der Waals surface area contributed by atoms with Crippen molar-refractivity contribution in [3.05, 3.63) is 35.4 Å².